The standard InChI is InChI=1S/C10H15N3O2S/c1-13-4-3-11-10(13)16-7-5-8(12-6-7)9(14)15-2/h3-4,7-8,12H,5-6H2,1-2H3/t7-,8-/m1/s1. The summed E-state index contributed by atoms with van der Waals surface area (Å²) in [5.41, 5.74) is 0. The summed E-state index contributed by atoms with van der Waals surface area (Å²) >= 11 is 1.70. The third kappa shape index (κ3) is 2.38. The summed E-state index contributed by atoms with van der Waals surface area (Å²) in [4.78, 5) is 15.6. The molecule has 1 aromatic rings. The monoisotopic (exact) mass is 241 g/mol. The first-order valence-electron chi connectivity index (χ1n) is 5.16. The molecule has 0 aliphatic carbocycles. The van der Waals surface area contributed by atoms with Gasteiger partial charge in [0.05, 0.1) is 7.11 Å². The lowest BCUT2D eigenvalue weighted by Gasteiger charge is -2.08. The van der Waals surface area contributed by atoms with Gasteiger partial charge in [-0.2, -0.15) is 0 Å². The van der Waals surface area contributed by atoms with E-state index in [-0.39, 0.29) is 12.0 Å². The van der Waals surface area contributed by atoms with E-state index in [0.717, 1.165) is 18.1 Å². The van der Waals surface area contributed by atoms with Crippen molar-refractivity contribution in [1.82, 2.24) is 14.9 Å². The molecule has 2 heterocycles. The zero-order valence-corrected chi connectivity index (χ0v) is 10.2. The molecule has 1 aliphatic rings. The fraction of sp³-hybridized carbons (Fsp3) is 0.600. The number of hydrogen-bond acceptors (Lipinski definition) is 5. The SMILES string of the molecule is COC(=O)[C@H]1C[C@@H](Sc2nccn2C)CN1. The first-order chi connectivity index (χ1) is 7.70. The van der Waals surface area contributed by atoms with Crippen LogP contribution >= 0.6 is 11.8 Å². The van der Waals surface area contributed by atoms with Crippen molar-refractivity contribution < 1.29 is 9.53 Å². The average Bonchev–Trinajstić information content (AvgIpc) is 2.89. The lowest BCUT2D eigenvalue weighted by Crippen LogP contribution is -2.31. The number of rotatable bonds is 3. The summed E-state index contributed by atoms with van der Waals surface area (Å²) in [6.07, 6.45) is 4.50. The molecule has 16 heavy (non-hydrogen) atoms. The average molecular weight is 241 g/mol. The Morgan fingerprint density at radius 2 is 2.56 bits per heavy atom. The highest BCUT2D eigenvalue weighted by Crippen LogP contribution is 2.27. The van der Waals surface area contributed by atoms with Crippen LogP contribution in [0, 0.1) is 0 Å². The third-order valence-corrected chi connectivity index (χ3v) is 3.92. The van der Waals surface area contributed by atoms with Gasteiger partial charge in [0, 0.05) is 31.2 Å². The van der Waals surface area contributed by atoms with Gasteiger partial charge in [-0.3, -0.25) is 4.79 Å². The minimum Gasteiger partial charge on any atom is -0.468 e. The van der Waals surface area contributed by atoms with E-state index in [1.807, 2.05) is 17.8 Å². The number of carbonyl (C=O) groups is 1. The van der Waals surface area contributed by atoms with Crippen LogP contribution in [0.5, 0.6) is 0 Å². The Labute approximate surface area is 98.6 Å². The van der Waals surface area contributed by atoms with Gasteiger partial charge < -0.3 is 14.6 Å². The highest BCUT2D eigenvalue weighted by Gasteiger charge is 2.31. The van der Waals surface area contributed by atoms with Crippen LogP contribution in [0.3, 0.4) is 0 Å². The van der Waals surface area contributed by atoms with Gasteiger partial charge in [0.1, 0.15) is 6.04 Å². The number of thioether (sulfide) groups is 1. The van der Waals surface area contributed by atoms with Gasteiger partial charge in [-0.1, -0.05) is 11.8 Å². The van der Waals surface area contributed by atoms with E-state index in [1.165, 1.54) is 7.11 Å². The van der Waals surface area contributed by atoms with E-state index in [4.69, 9.17) is 4.74 Å². The number of methoxy groups -OCH3 is 1. The molecule has 0 unspecified atom stereocenters. The van der Waals surface area contributed by atoms with Gasteiger partial charge in [0.25, 0.3) is 0 Å². The van der Waals surface area contributed by atoms with Crippen LogP contribution in [0.15, 0.2) is 17.6 Å². The highest BCUT2D eigenvalue weighted by molar-refractivity contribution is 7.99. The molecule has 1 aromatic heterocycles. The molecule has 2 rings (SSSR count). The summed E-state index contributed by atoms with van der Waals surface area (Å²) < 4.78 is 6.69. The molecule has 0 saturated carbocycles. The molecule has 5 nitrogen and oxygen atoms in total. The maximum atomic E-state index is 11.3. The quantitative estimate of drug-likeness (QED) is 0.777. The molecule has 0 spiro atoms. The van der Waals surface area contributed by atoms with E-state index >= 15 is 0 Å². The Morgan fingerprint density at radius 3 is 3.19 bits per heavy atom. The van der Waals surface area contributed by atoms with Gasteiger partial charge in [-0.25, -0.2) is 4.98 Å². The molecule has 1 aliphatic heterocycles. The van der Waals surface area contributed by atoms with Gasteiger partial charge in [0.15, 0.2) is 5.16 Å². The predicted octanol–water partition coefficient (Wildman–Crippen LogP) is 0.416. The second-order valence-electron chi connectivity index (χ2n) is 3.78. The number of hydrogen-bond donors (Lipinski definition) is 1. The van der Waals surface area contributed by atoms with E-state index in [0.29, 0.717) is 5.25 Å². The zero-order chi connectivity index (χ0) is 11.5. The van der Waals surface area contributed by atoms with Crippen LogP contribution in [-0.4, -0.2) is 40.5 Å². The van der Waals surface area contributed by atoms with E-state index < -0.39 is 0 Å². The number of aromatic nitrogens is 2. The second kappa shape index (κ2) is 4.88. The van der Waals surface area contributed by atoms with E-state index in [9.17, 15) is 4.79 Å². The van der Waals surface area contributed by atoms with Crippen LogP contribution in [0.1, 0.15) is 6.42 Å². The van der Waals surface area contributed by atoms with Crippen LogP contribution in [-0.2, 0) is 16.6 Å². The Hall–Kier alpha value is -1.01. The third-order valence-electron chi connectivity index (χ3n) is 2.63. The predicted molar refractivity (Wildman–Crippen MR) is 61.3 cm³/mol. The molecule has 0 bridgehead atoms. The Morgan fingerprint density at radius 1 is 1.75 bits per heavy atom. The largest absolute Gasteiger partial charge is 0.468 e. The van der Waals surface area contributed by atoms with E-state index in [1.54, 1.807) is 18.0 Å². The summed E-state index contributed by atoms with van der Waals surface area (Å²) in [7, 11) is 3.39. The molecule has 1 saturated heterocycles. The molecule has 0 aromatic carbocycles. The zero-order valence-electron chi connectivity index (χ0n) is 9.34. The summed E-state index contributed by atoms with van der Waals surface area (Å²) in [5.74, 6) is -0.178. The summed E-state index contributed by atoms with van der Waals surface area (Å²) in [6, 6.07) is -0.164. The van der Waals surface area contributed by atoms with Crippen molar-refractivity contribution in [2.24, 2.45) is 7.05 Å². The van der Waals surface area contributed by atoms with Crippen LogP contribution < -0.4 is 5.32 Å². The topological polar surface area (TPSA) is 56.1 Å². The minimum atomic E-state index is -0.178. The molecule has 88 valence electrons. The fourth-order valence-electron chi connectivity index (χ4n) is 1.73. The molecule has 0 amide bonds. The summed E-state index contributed by atoms with van der Waals surface area (Å²) in [5, 5.41) is 4.52. The van der Waals surface area contributed by atoms with Crippen molar-refractivity contribution >= 4 is 17.7 Å². The molecule has 1 fully saturated rings. The van der Waals surface area contributed by atoms with Crippen molar-refractivity contribution in [3.63, 3.8) is 0 Å². The smallest absolute Gasteiger partial charge is 0.322 e. The molecule has 0 radical (unpaired) electrons. The molecule has 2 atom stereocenters. The van der Waals surface area contributed by atoms with E-state index in [2.05, 4.69) is 10.3 Å². The van der Waals surface area contributed by atoms with Gasteiger partial charge in [-0.15, -0.1) is 0 Å². The first-order valence-corrected chi connectivity index (χ1v) is 6.04. The molecule has 1 N–H and O–H groups in total. The maximum absolute atomic E-state index is 11.3. The number of ether oxygens (including phenoxy) is 1. The van der Waals surface area contributed by atoms with Crippen molar-refractivity contribution in [3.05, 3.63) is 12.4 Å². The number of aryl methyl sites for hydroxylation is 1. The maximum Gasteiger partial charge on any atom is 0.322 e. The fourth-order valence-corrected chi connectivity index (χ4v) is 2.84. The number of nitrogens with one attached hydrogen (secondary N) is 1. The van der Waals surface area contributed by atoms with Crippen LogP contribution in [0.2, 0.25) is 0 Å². The minimum absolute atomic E-state index is 0.164. The Bertz CT molecular complexity index is 380. The lowest BCUT2D eigenvalue weighted by atomic mass is 10.2. The Kier molecular flexibility index (Phi) is 3.50. The highest BCUT2D eigenvalue weighted by atomic mass is 32.2. The van der Waals surface area contributed by atoms with Crippen LogP contribution in [0.25, 0.3) is 0 Å². The normalized spacial score (nSPS) is 24.6. The van der Waals surface area contributed by atoms with Gasteiger partial charge in [-0.05, 0) is 6.42 Å². The van der Waals surface area contributed by atoms with Crippen molar-refractivity contribution in [3.8, 4) is 0 Å². The Balaban J connectivity index is 1.90. The number of esters is 1. The van der Waals surface area contributed by atoms with Crippen LogP contribution in [0.4, 0.5) is 0 Å². The van der Waals surface area contributed by atoms with Gasteiger partial charge in [0.2, 0.25) is 0 Å². The van der Waals surface area contributed by atoms with Gasteiger partial charge >= 0.3 is 5.97 Å². The molecular weight excluding hydrogens is 226 g/mol. The van der Waals surface area contributed by atoms with Crippen molar-refractivity contribution in [2.75, 3.05) is 13.7 Å². The van der Waals surface area contributed by atoms with Crippen molar-refractivity contribution in [2.45, 2.75) is 22.9 Å². The molecule has 6 heteroatoms. The molecular formula is C10H15N3O2S. The summed E-state index contributed by atoms with van der Waals surface area (Å²) in [6.45, 7) is 0.817. The first kappa shape index (κ1) is 11.5. The second-order valence-corrected chi connectivity index (χ2v) is 5.05. The number of imidazole rings is 1. The lowest BCUT2D eigenvalue weighted by molar-refractivity contribution is -0.142. The van der Waals surface area contributed by atoms with Crippen molar-refractivity contribution in [1.29, 1.82) is 0 Å². The number of carbonyl (C=O) groups excluding carboxylic acids is 1. The number of nitrogens with zero attached hydrogens (tertiary/aromatic N) is 2.